The Bertz CT molecular complexity index is 1100. The van der Waals surface area contributed by atoms with Crippen LogP contribution in [-0.2, 0) is 6.61 Å². The zero-order valence-electron chi connectivity index (χ0n) is 15.6. The molecule has 0 unspecified atom stereocenters. The van der Waals surface area contributed by atoms with Crippen molar-refractivity contribution in [2.45, 2.75) is 13.5 Å². The highest BCUT2D eigenvalue weighted by molar-refractivity contribution is 6.35. The summed E-state index contributed by atoms with van der Waals surface area (Å²) in [5.41, 5.74) is 4.06. The Hall–Kier alpha value is -3.10. The van der Waals surface area contributed by atoms with Crippen LogP contribution < -0.4 is 20.6 Å². The third-order valence-corrected chi connectivity index (χ3v) is 4.45. The fourth-order valence-corrected chi connectivity index (χ4v) is 2.86. The first-order valence-corrected chi connectivity index (χ1v) is 9.19. The first-order valence-electron chi connectivity index (χ1n) is 8.44. The number of H-pyrrole nitrogens is 1. The number of aromatic nitrogens is 3. The molecule has 2 N–H and O–H groups in total. The van der Waals surface area contributed by atoms with Gasteiger partial charge in [0.2, 0.25) is 0 Å². The lowest BCUT2D eigenvalue weighted by Crippen LogP contribution is -2.15. The molecule has 3 rings (SSSR count). The second-order valence-electron chi connectivity index (χ2n) is 5.85. The maximum absolute atomic E-state index is 11.3. The van der Waals surface area contributed by atoms with E-state index < -0.39 is 5.69 Å². The van der Waals surface area contributed by atoms with Gasteiger partial charge in [-0.2, -0.15) is 15.2 Å². The first-order chi connectivity index (χ1) is 14.0. The summed E-state index contributed by atoms with van der Waals surface area (Å²) in [4.78, 5) is 15.1. The fraction of sp³-hybridized carbons (Fsp3) is 0.158. The Morgan fingerprint density at radius 3 is 2.86 bits per heavy atom. The van der Waals surface area contributed by atoms with Crippen LogP contribution in [0.1, 0.15) is 16.8 Å². The molecule has 3 aromatic rings. The van der Waals surface area contributed by atoms with Gasteiger partial charge in [-0.05, 0) is 31.2 Å². The van der Waals surface area contributed by atoms with E-state index in [1.165, 1.54) is 6.21 Å². The standard InChI is InChI=1S/C19H17Cl2N5O3/c1-11-18(23-19(27)26-24-11)25-22-9-12-4-3-5-16(28-2)17(12)29-10-13-6-7-14(20)8-15(13)21/h3-9H,10H2,1-2H3,(H2,23,25,26,27)/b22-9-. The maximum Gasteiger partial charge on any atom is 0.363 e. The summed E-state index contributed by atoms with van der Waals surface area (Å²) in [5, 5.41) is 11.3. The van der Waals surface area contributed by atoms with Crippen LogP contribution in [0.2, 0.25) is 10.0 Å². The third-order valence-electron chi connectivity index (χ3n) is 3.87. The van der Waals surface area contributed by atoms with Crippen molar-refractivity contribution in [2.75, 3.05) is 12.5 Å². The van der Waals surface area contributed by atoms with E-state index in [4.69, 9.17) is 32.7 Å². The molecule has 10 heteroatoms. The van der Waals surface area contributed by atoms with Crippen LogP contribution in [0.3, 0.4) is 0 Å². The molecule has 8 nitrogen and oxygen atoms in total. The molecular formula is C19H17Cl2N5O3. The number of aryl methyl sites for hydroxylation is 1. The van der Waals surface area contributed by atoms with Crippen LogP contribution in [0.25, 0.3) is 0 Å². The number of benzene rings is 2. The molecule has 0 spiro atoms. The van der Waals surface area contributed by atoms with Gasteiger partial charge in [0.1, 0.15) is 12.3 Å². The zero-order chi connectivity index (χ0) is 20.8. The minimum Gasteiger partial charge on any atom is -0.493 e. The van der Waals surface area contributed by atoms with Crippen molar-refractivity contribution < 1.29 is 9.47 Å². The van der Waals surface area contributed by atoms with Crippen LogP contribution in [0.5, 0.6) is 11.5 Å². The molecule has 0 atom stereocenters. The van der Waals surface area contributed by atoms with E-state index in [1.54, 1.807) is 44.4 Å². The number of ether oxygens (including phenoxy) is 2. The van der Waals surface area contributed by atoms with Gasteiger partial charge in [0.25, 0.3) is 0 Å². The van der Waals surface area contributed by atoms with Gasteiger partial charge < -0.3 is 9.47 Å². The average Bonchev–Trinajstić information content (AvgIpc) is 2.70. The number of hydrogen-bond acceptors (Lipinski definition) is 7. The second kappa shape index (κ2) is 9.40. The molecule has 150 valence electrons. The number of hydrogen-bond donors (Lipinski definition) is 2. The summed E-state index contributed by atoms with van der Waals surface area (Å²) in [5.74, 6) is 1.27. The quantitative estimate of drug-likeness (QED) is 0.433. The molecule has 0 bridgehead atoms. The van der Waals surface area contributed by atoms with Gasteiger partial charge in [0, 0.05) is 21.2 Å². The molecule has 0 radical (unpaired) electrons. The van der Waals surface area contributed by atoms with Crippen LogP contribution in [0.4, 0.5) is 5.82 Å². The largest absolute Gasteiger partial charge is 0.493 e. The number of methoxy groups -OCH3 is 1. The highest BCUT2D eigenvalue weighted by atomic mass is 35.5. The lowest BCUT2D eigenvalue weighted by Gasteiger charge is -2.14. The van der Waals surface area contributed by atoms with Gasteiger partial charge in [-0.3, -0.25) is 5.43 Å². The molecule has 0 saturated heterocycles. The Morgan fingerprint density at radius 1 is 1.28 bits per heavy atom. The predicted octanol–water partition coefficient (Wildman–Crippen LogP) is 3.81. The summed E-state index contributed by atoms with van der Waals surface area (Å²) < 4.78 is 11.4. The molecule has 0 saturated carbocycles. The van der Waals surface area contributed by atoms with Gasteiger partial charge in [0.05, 0.1) is 13.3 Å². The number of hydrazone groups is 1. The van der Waals surface area contributed by atoms with Gasteiger partial charge >= 0.3 is 5.69 Å². The van der Waals surface area contributed by atoms with Gasteiger partial charge in [-0.1, -0.05) is 35.3 Å². The summed E-state index contributed by atoms with van der Waals surface area (Å²) >= 11 is 12.2. The molecular weight excluding hydrogens is 417 g/mol. The van der Waals surface area contributed by atoms with Gasteiger partial charge in [-0.15, -0.1) is 0 Å². The van der Waals surface area contributed by atoms with Gasteiger partial charge in [-0.25, -0.2) is 9.89 Å². The van der Waals surface area contributed by atoms with Crippen LogP contribution in [0.15, 0.2) is 46.3 Å². The van der Waals surface area contributed by atoms with E-state index in [1.807, 2.05) is 6.07 Å². The Labute approximate surface area is 176 Å². The molecule has 29 heavy (non-hydrogen) atoms. The summed E-state index contributed by atoms with van der Waals surface area (Å²) in [6.45, 7) is 1.90. The van der Waals surface area contributed by atoms with E-state index >= 15 is 0 Å². The Morgan fingerprint density at radius 2 is 2.10 bits per heavy atom. The van der Waals surface area contributed by atoms with Crippen LogP contribution >= 0.6 is 23.2 Å². The summed E-state index contributed by atoms with van der Waals surface area (Å²) in [6.07, 6.45) is 1.53. The van der Waals surface area contributed by atoms with E-state index in [9.17, 15) is 4.79 Å². The molecule has 0 amide bonds. The molecule has 1 aromatic heterocycles. The topological polar surface area (TPSA) is 101 Å². The fourth-order valence-electron chi connectivity index (χ4n) is 2.40. The Kier molecular flexibility index (Phi) is 6.69. The number of halogens is 2. The lowest BCUT2D eigenvalue weighted by molar-refractivity contribution is 0.284. The van der Waals surface area contributed by atoms with Crippen LogP contribution in [0, 0.1) is 6.92 Å². The third kappa shape index (κ3) is 5.24. The van der Waals surface area contributed by atoms with Crippen molar-refractivity contribution >= 4 is 35.2 Å². The summed E-state index contributed by atoms with van der Waals surface area (Å²) in [6, 6.07) is 10.6. The molecule has 1 heterocycles. The van der Waals surface area contributed by atoms with E-state index in [2.05, 4.69) is 25.7 Å². The second-order valence-corrected chi connectivity index (χ2v) is 6.69. The minimum absolute atomic E-state index is 0.212. The molecule has 0 aliphatic heterocycles. The highest BCUT2D eigenvalue weighted by Gasteiger charge is 2.11. The number of nitrogens with zero attached hydrogens (tertiary/aromatic N) is 3. The minimum atomic E-state index is -0.571. The van der Waals surface area contributed by atoms with Crippen molar-refractivity contribution in [1.82, 2.24) is 15.2 Å². The van der Waals surface area contributed by atoms with Crippen molar-refractivity contribution in [3.05, 3.63) is 73.7 Å². The number of rotatable bonds is 7. The Balaban J connectivity index is 1.81. The predicted molar refractivity (Wildman–Crippen MR) is 112 cm³/mol. The number of para-hydroxylation sites is 1. The number of nitrogens with one attached hydrogen (secondary N) is 2. The monoisotopic (exact) mass is 433 g/mol. The lowest BCUT2D eigenvalue weighted by atomic mass is 10.2. The average molecular weight is 434 g/mol. The van der Waals surface area contributed by atoms with E-state index in [-0.39, 0.29) is 12.4 Å². The molecule has 0 fully saturated rings. The molecule has 2 aromatic carbocycles. The molecule has 0 aliphatic carbocycles. The highest BCUT2D eigenvalue weighted by Crippen LogP contribution is 2.32. The zero-order valence-corrected chi connectivity index (χ0v) is 17.1. The van der Waals surface area contributed by atoms with Crippen molar-refractivity contribution in [3.63, 3.8) is 0 Å². The number of aromatic amines is 1. The maximum atomic E-state index is 11.3. The van der Waals surface area contributed by atoms with Gasteiger partial charge in [0.15, 0.2) is 17.3 Å². The van der Waals surface area contributed by atoms with Crippen molar-refractivity contribution in [3.8, 4) is 11.5 Å². The van der Waals surface area contributed by atoms with Crippen LogP contribution in [-0.4, -0.2) is 28.5 Å². The smallest absolute Gasteiger partial charge is 0.363 e. The first kappa shape index (κ1) is 20.6. The summed E-state index contributed by atoms with van der Waals surface area (Å²) in [7, 11) is 1.55. The molecule has 0 aliphatic rings. The van der Waals surface area contributed by atoms with Crippen molar-refractivity contribution in [2.24, 2.45) is 5.10 Å². The normalized spacial score (nSPS) is 10.9. The van der Waals surface area contributed by atoms with E-state index in [0.717, 1.165) is 5.56 Å². The SMILES string of the molecule is COc1cccc(/C=N\Nc2nc(=O)[nH]nc2C)c1OCc1ccc(Cl)cc1Cl. The van der Waals surface area contributed by atoms with Crippen molar-refractivity contribution in [1.29, 1.82) is 0 Å². The van der Waals surface area contributed by atoms with E-state index in [0.29, 0.717) is 32.8 Å². The number of anilines is 1.